The summed E-state index contributed by atoms with van der Waals surface area (Å²) >= 11 is 0. The van der Waals surface area contributed by atoms with Crippen LogP contribution in [-0.2, 0) is 4.74 Å². The molecule has 0 aromatic carbocycles. The highest BCUT2D eigenvalue weighted by molar-refractivity contribution is 5.60. The van der Waals surface area contributed by atoms with Crippen molar-refractivity contribution in [2.45, 2.75) is 24.7 Å². The van der Waals surface area contributed by atoms with Crippen LogP contribution in [0.5, 0.6) is 0 Å². The van der Waals surface area contributed by atoms with E-state index < -0.39 is 12.2 Å². The zero-order valence-corrected chi connectivity index (χ0v) is 13.4. The molecule has 0 saturated carbocycles. The van der Waals surface area contributed by atoms with E-state index in [1.54, 1.807) is 6.20 Å². The number of rotatable bonds is 4. The SMILES string of the molecule is OC[C@H]1O[C@@H](c2ccc(-c3cccc(-c4ccccn4)n3)o2)C[C@@H]1O. The molecule has 6 heteroatoms. The van der Waals surface area contributed by atoms with Crippen LogP contribution < -0.4 is 0 Å². The van der Waals surface area contributed by atoms with E-state index in [9.17, 15) is 10.2 Å². The van der Waals surface area contributed by atoms with Gasteiger partial charge in [-0.3, -0.25) is 4.98 Å². The van der Waals surface area contributed by atoms with E-state index in [4.69, 9.17) is 9.15 Å². The number of aliphatic hydroxyl groups is 2. The van der Waals surface area contributed by atoms with E-state index in [1.807, 2.05) is 48.5 Å². The second-order valence-corrected chi connectivity index (χ2v) is 5.97. The molecule has 1 aliphatic rings. The van der Waals surface area contributed by atoms with Gasteiger partial charge in [-0.15, -0.1) is 0 Å². The molecular formula is C19H18N2O4. The lowest BCUT2D eigenvalue weighted by molar-refractivity contribution is -0.0275. The number of hydrogen-bond donors (Lipinski definition) is 2. The fourth-order valence-corrected chi connectivity index (χ4v) is 2.97. The Labute approximate surface area is 144 Å². The van der Waals surface area contributed by atoms with Gasteiger partial charge in [0, 0.05) is 12.6 Å². The van der Waals surface area contributed by atoms with E-state index in [2.05, 4.69) is 9.97 Å². The molecule has 4 heterocycles. The van der Waals surface area contributed by atoms with Crippen molar-refractivity contribution in [3.05, 3.63) is 60.5 Å². The first-order chi connectivity index (χ1) is 12.2. The van der Waals surface area contributed by atoms with Gasteiger partial charge in [0.15, 0.2) is 5.76 Å². The first-order valence-corrected chi connectivity index (χ1v) is 8.17. The highest BCUT2D eigenvalue weighted by Gasteiger charge is 2.35. The minimum Gasteiger partial charge on any atom is -0.457 e. The van der Waals surface area contributed by atoms with Crippen molar-refractivity contribution in [3.8, 4) is 22.8 Å². The summed E-state index contributed by atoms with van der Waals surface area (Å²) in [7, 11) is 0. The lowest BCUT2D eigenvalue weighted by Crippen LogP contribution is -2.24. The number of aromatic nitrogens is 2. The van der Waals surface area contributed by atoms with E-state index in [0.717, 1.165) is 11.4 Å². The number of hydrogen-bond acceptors (Lipinski definition) is 6. The van der Waals surface area contributed by atoms with Crippen molar-refractivity contribution in [2.24, 2.45) is 0 Å². The molecule has 2 N–H and O–H groups in total. The maximum absolute atomic E-state index is 9.86. The van der Waals surface area contributed by atoms with E-state index in [1.165, 1.54) is 0 Å². The van der Waals surface area contributed by atoms with Crippen LogP contribution in [0.25, 0.3) is 22.8 Å². The van der Waals surface area contributed by atoms with E-state index >= 15 is 0 Å². The molecule has 128 valence electrons. The Balaban J connectivity index is 1.59. The highest BCUT2D eigenvalue weighted by Crippen LogP contribution is 2.35. The highest BCUT2D eigenvalue weighted by atomic mass is 16.5. The Bertz CT molecular complexity index is 849. The van der Waals surface area contributed by atoms with Gasteiger partial charge < -0.3 is 19.4 Å². The van der Waals surface area contributed by atoms with Gasteiger partial charge in [-0.25, -0.2) is 4.98 Å². The van der Waals surface area contributed by atoms with Crippen LogP contribution in [0.3, 0.4) is 0 Å². The Morgan fingerprint density at radius 2 is 1.84 bits per heavy atom. The van der Waals surface area contributed by atoms with Gasteiger partial charge in [0.2, 0.25) is 0 Å². The maximum atomic E-state index is 9.86. The summed E-state index contributed by atoms with van der Waals surface area (Å²) in [6.45, 7) is -0.209. The number of aliphatic hydroxyl groups excluding tert-OH is 2. The van der Waals surface area contributed by atoms with Crippen LogP contribution in [0.2, 0.25) is 0 Å². The monoisotopic (exact) mass is 338 g/mol. The Morgan fingerprint density at radius 3 is 2.60 bits per heavy atom. The molecule has 1 aliphatic heterocycles. The first kappa shape index (κ1) is 16.0. The average Bonchev–Trinajstić information content (AvgIpc) is 3.29. The van der Waals surface area contributed by atoms with Gasteiger partial charge in [0.25, 0.3) is 0 Å². The van der Waals surface area contributed by atoms with Gasteiger partial charge in [-0.05, 0) is 36.4 Å². The predicted octanol–water partition coefficient (Wildman–Crippen LogP) is 2.59. The third-order valence-electron chi connectivity index (χ3n) is 4.28. The molecule has 3 aromatic rings. The van der Waals surface area contributed by atoms with Crippen LogP contribution in [0.15, 0.2) is 59.1 Å². The molecule has 0 spiro atoms. The maximum Gasteiger partial charge on any atom is 0.152 e. The molecule has 0 aliphatic carbocycles. The van der Waals surface area contributed by atoms with Gasteiger partial charge in [0.05, 0.1) is 24.1 Å². The Kier molecular flexibility index (Phi) is 4.31. The molecule has 0 unspecified atom stereocenters. The minimum absolute atomic E-state index is 0.209. The molecule has 25 heavy (non-hydrogen) atoms. The molecule has 0 bridgehead atoms. The molecule has 3 aromatic heterocycles. The van der Waals surface area contributed by atoms with E-state index in [-0.39, 0.29) is 12.7 Å². The molecule has 6 nitrogen and oxygen atoms in total. The van der Waals surface area contributed by atoms with Crippen molar-refractivity contribution in [1.29, 1.82) is 0 Å². The summed E-state index contributed by atoms with van der Waals surface area (Å²) < 4.78 is 11.5. The summed E-state index contributed by atoms with van der Waals surface area (Å²) in [6, 6.07) is 15.0. The third-order valence-corrected chi connectivity index (χ3v) is 4.28. The zero-order chi connectivity index (χ0) is 17.2. The fraction of sp³-hybridized carbons (Fsp3) is 0.263. The second-order valence-electron chi connectivity index (χ2n) is 5.97. The van der Waals surface area contributed by atoms with Gasteiger partial charge >= 0.3 is 0 Å². The van der Waals surface area contributed by atoms with Crippen LogP contribution in [-0.4, -0.2) is 39.0 Å². The third kappa shape index (κ3) is 3.19. The molecule has 1 fully saturated rings. The molecule has 0 amide bonds. The Hall–Kier alpha value is -2.54. The minimum atomic E-state index is -0.686. The summed E-state index contributed by atoms with van der Waals surface area (Å²) in [4.78, 5) is 8.93. The van der Waals surface area contributed by atoms with Crippen LogP contribution in [0.4, 0.5) is 0 Å². The molecule has 4 rings (SSSR count). The number of furan rings is 1. The Morgan fingerprint density at radius 1 is 1.00 bits per heavy atom. The van der Waals surface area contributed by atoms with Gasteiger partial charge in [-0.2, -0.15) is 0 Å². The number of ether oxygens (including phenoxy) is 1. The summed E-state index contributed by atoms with van der Waals surface area (Å²) in [6.07, 6.45) is 0.521. The average molecular weight is 338 g/mol. The van der Waals surface area contributed by atoms with Crippen molar-refractivity contribution in [3.63, 3.8) is 0 Å². The van der Waals surface area contributed by atoms with Gasteiger partial charge in [0.1, 0.15) is 23.7 Å². The quantitative estimate of drug-likeness (QED) is 0.760. The van der Waals surface area contributed by atoms with Crippen LogP contribution in [0, 0.1) is 0 Å². The number of nitrogens with zero attached hydrogens (tertiary/aromatic N) is 2. The van der Waals surface area contributed by atoms with Crippen LogP contribution in [0.1, 0.15) is 18.3 Å². The van der Waals surface area contributed by atoms with Crippen molar-refractivity contribution >= 4 is 0 Å². The summed E-state index contributed by atoms with van der Waals surface area (Å²) in [5.41, 5.74) is 2.26. The number of pyridine rings is 2. The lowest BCUT2D eigenvalue weighted by atomic mass is 10.1. The lowest BCUT2D eigenvalue weighted by Gasteiger charge is -2.10. The van der Waals surface area contributed by atoms with Gasteiger partial charge in [-0.1, -0.05) is 12.1 Å². The van der Waals surface area contributed by atoms with Crippen molar-refractivity contribution in [1.82, 2.24) is 9.97 Å². The summed E-state index contributed by atoms with van der Waals surface area (Å²) in [5.74, 6) is 1.24. The van der Waals surface area contributed by atoms with E-state index in [0.29, 0.717) is 23.6 Å². The smallest absolute Gasteiger partial charge is 0.152 e. The molecule has 3 atom stereocenters. The second kappa shape index (κ2) is 6.76. The standard InChI is InChI=1S/C19H18N2O4/c22-11-19-15(23)10-18(25-19)17-8-7-16(24-17)14-6-3-5-13(21-14)12-4-1-2-9-20-12/h1-9,15,18-19,22-23H,10-11H2/t15-,18+,19+/m0/s1. The first-order valence-electron chi connectivity index (χ1n) is 8.17. The summed E-state index contributed by atoms with van der Waals surface area (Å²) in [5, 5.41) is 19.1. The fourth-order valence-electron chi connectivity index (χ4n) is 2.97. The zero-order valence-electron chi connectivity index (χ0n) is 13.4. The van der Waals surface area contributed by atoms with Crippen LogP contribution >= 0.6 is 0 Å². The largest absolute Gasteiger partial charge is 0.457 e. The molecule has 1 saturated heterocycles. The van der Waals surface area contributed by atoms with Crippen molar-refractivity contribution in [2.75, 3.05) is 6.61 Å². The topological polar surface area (TPSA) is 88.6 Å². The van der Waals surface area contributed by atoms with Crippen molar-refractivity contribution < 1.29 is 19.4 Å². The molecule has 0 radical (unpaired) electrons. The normalized spacial score (nSPS) is 23.0. The molecular weight excluding hydrogens is 320 g/mol. The predicted molar refractivity (Wildman–Crippen MR) is 90.5 cm³/mol.